The molecule has 1 amide bonds. The molecule has 0 bridgehead atoms. The molecule has 22 heavy (non-hydrogen) atoms. The summed E-state index contributed by atoms with van der Waals surface area (Å²) in [6.45, 7) is 7.40. The number of carboxylic acid groups (broad SMARTS) is 1. The van der Waals surface area contributed by atoms with E-state index in [-0.39, 0.29) is 24.0 Å². The molecule has 2 rings (SSSR count). The normalized spacial score (nSPS) is 25.0. The van der Waals surface area contributed by atoms with Crippen LogP contribution in [0, 0.1) is 5.92 Å². The molecule has 126 valence electrons. The zero-order valence-corrected chi connectivity index (χ0v) is 13.8. The second-order valence-corrected chi connectivity index (χ2v) is 7.46. The quantitative estimate of drug-likeness (QED) is 0.848. The van der Waals surface area contributed by atoms with Crippen LogP contribution >= 0.6 is 0 Å². The third kappa shape index (κ3) is 4.60. The zero-order valence-electron chi connectivity index (χ0n) is 13.8. The van der Waals surface area contributed by atoms with Crippen molar-refractivity contribution in [3.63, 3.8) is 0 Å². The van der Waals surface area contributed by atoms with Crippen LogP contribution in [-0.4, -0.2) is 53.0 Å². The van der Waals surface area contributed by atoms with Crippen molar-refractivity contribution in [3.8, 4) is 0 Å². The van der Waals surface area contributed by atoms with Crippen LogP contribution in [-0.2, 0) is 14.3 Å². The molecule has 1 atom stereocenters. The fourth-order valence-electron chi connectivity index (χ4n) is 3.32. The SMILES string of the molecule is CC(C)(C)OC(=O)N1CCC2(CC1)CC(CC(=O)O)CCO2. The van der Waals surface area contributed by atoms with Gasteiger partial charge >= 0.3 is 12.1 Å². The minimum Gasteiger partial charge on any atom is -0.481 e. The van der Waals surface area contributed by atoms with Crippen molar-refractivity contribution >= 4 is 12.1 Å². The Balaban J connectivity index is 1.88. The molecule has 0 aromatic rings. The number of hydrogen-bond donors (Lipinski definition) is 1. The van der Waals surface area contributed by atoms with E-state index in [9.17, 15) is 9.59 Å². The summed E-state index contributed by atoms with van der Waals surface area (Å²) in [6.07, 6.45) is 3.02. The lowest BCUT2D eigenvalue weighted by molar-refractivity contribution is -0.145. The van der Waals surface area contributed by atoms with Crippen LogP contribution in [0.4, 0.5) is 4.79 Å². The van der Waals surface area contributed by atoms with E-state index in [2.05, 4.69) is 0 Å². The molecule has 1 spiro atoms. The highest BCUT2D eigenvalue weighted by molar-refractivity contribution is 5.68. The number of amides is 1. The topological polar surface area (TPSA) is 76.1 Å². The molecular formula is C16H27NO5. The monoisotopic (exact) mass is 313 g/mol. The van der Waals surface area contributed by atoms with Crippen LogP contribution in [0.25, 0.3) is 0 Å². The summed E-state index contributed by atoms with van der Waals surface area (Å²) >= 11 is 0. The van der Waals surface area contributed by atoms with Crippen molar-refractivity contribution in [1.82, 2.24) is 4.90 Å². The molecule has 0 aromatic heterocycles. The number of hydrogen-bond acceptors (Lipinski definition) is 4. The second-order valence-electron chi connectivity index (χ2n) is 7.46. The van der Waals surface area contributed by atoms with Gasteiger partial charge in [0.25, 0.3) is 0 Å². The van der Waals surface area contributed by atoms with Crippen molar-refractivity contribution in [2.45, 2.75) is 64.1 Å². The maximum absolute atomic E-state index is 12.1. The standard InChI is InChI=1S/C16H27NO5/c1-15(2,3)22-14(20)17-7-5-16(6-8-17)11-12(4-9-21-16)10-13(18)19/h12H,4-11H2,1-3H3,(H,18,19). The molecule has 0 radical (unpaired) electrons. The molecule has 1 N–H and O–H groups in total. The van der Waals surface area contributed by atoms with E-state index in [1.54, 1.807) is 4.90 Å². The molecule has 6 nitrogen and oxygen atoms in total. The van der Waals surface area contributed by atoms with Gasteiger partial charge in [0.15, 0.2) is 0 Å². The molecule has 2 saturated heterocycles. The van der Waals surface area contributed by atoms with E-state index in [0.29, 0.717) is 19.7 Å². The Morgan fingerprint density at radius 1 is 1.32 bits per heavy atom. The average molecular weight is 313 g/mol. The van der Waals surface area contributed by atoms with E-state index in [1.807, 2.05) is 20.8 Å². The zero-order chi connectivity index (χ0) is 16.4. The number of piperidine rings is 1. The highest BCUT2D eigenvalue weighted by Gasteiger charge is 2.42. The number of nitrogens with zero attached hydrogens (tertiary/aromatic N) is 1. The Kier molecular flexibility index (Phi) is 5.00. The van der Waals surface area contributed by atoms with Crippen LogP contribution in [0.1, 0.15) is 52.9 Å². The molecule has 2 fully saturated rings. The molecule has 6 heteroatoms. The first-order valence-corrected chi connectivity index (χ1v) is 8.03. The smallest absolute Gasteiger partial charge is 0.410 e. The van der Waals surface area contributed by atoms with Crippen molar-refractivity contribution in [2.24, 2.45) is 5.92 Å². The summed E-state index contributed by atoms with van der Waals surface area (Å²) in [5, 5.41) is 8.97. The summed E-state index contributed by atoms with van der Waals surface area (Å²) in [4.78, 5) is 24.7. The molecular weight excluding hydrogens is 286 g/mol. The Morgan fingerprint density at radius 3 is 2.50 bits per heavy atom. The predicted molar refractivity (Wildman–Crippen MR) is 80.7 cm³/mol. The van der Waals surface area contributed by atoms with Gasteiger partial charge in [0.05, 0.1) is 5.60 Å². The van der Waals surface area contributed by atoms with Gasteiger partial charge in [-0.05, 0) is 52.4 Å². The second kappa shape index (κ2) is 6.44. The molecule has 2 aliphatic heterocycles. The lowest BCUT2D eigenvalue weighted by Crippen LogP contribution is -2.51. The van der Waals surface area contributed by atoms with Gasteiger partial charge in [-0.15, -0.1) is 0 Å². The van der Waals surface area contributed by atoms with Gasteiger partial charge < -0.3 is 19.5 Å². The number of rotatable bonds is 2. The highest BCUT2D eigenvalue weighted by atomic mass is 16.6. The molecule has 2 heterocycles. The van der Waals surface area contributed by atoms with E-state index < -0.39 is 11.6 Å². The Labute approximate surface area is 131 Å². The minimum atomic E-state index is -0.742. The lowest BCUT2D eigenvalue weighted by atomic mass is 9.78. The first kappa shape index (κ1) is 17.1. The van der Waals surface area contributed by atoms with Crippen molar-refractivity contribution in [2.75, 3.05) is 19.7 Å². The number of carbonyl (C=O) groups is 2. The summed E-state index contributed by atoms with van der Waals surface area (Å²) in [6, 6.07) is 0. The predicted octanol–water partition coefficient (Wildman–Crippen LogP) is 2.66. The molecule has 0 saturated carbocycles. The fourth-order valence-corrected chi connectivity index (χ4v) is 3.32. The summed E-state index contributed by atoms with van der Waals surface area (Å²) in [7, 11) is 0. The number of ether oxygens (including phenoxy) is 2. The number of aliphatic carboxylic acids is 1. The fraction of sp³-hybridized carbons (Fsp3) is 0.875. The van der Waals surface area contributed by atoms with Gasteiger partial charge in [0.2, 0.25) is 0 Å². The van der Waals surface area contributed by atoms with Crippen LogP contribution in [0.15, 0.2) is 0 Å². The number of carboxylic acids is 1. The molecule has 1 unspecified atom stereocenters. The molecule has 2 aliphatic rings. The van der Waals surface area contributed by atoms with Gasteiger partial charge in [-0.1, -0.05) is 0 Å². The Hall–Kier alpha value is -1.30. The number of carbonyl (C=O) groups excluding carboxylic acids is 1. The van der Waals surface area contributed by atoms with Crippen LogP contribution in [0.5, 0.6) is 0 Å². The van der Waals surface area contributed by atoms with Gasteiger partial charge in [0, 0.05) is 26.1 Å². The van der Waals surface area contributed by atoms with Crippen LogP contribution < -0.4 is 0 Å². The van der Waals surface area contributed by atoms with Gasteiger partial charge in [-0.25, -0.2) is 4.79 Å². The van der Waals surface area contributed by atoms with Crippen LogP contribution in [0.3, 0.4) is 0 Å². The van der Waals surface area contributed by atoms with Gasteiger partial charge in [-0.3, -0.25) is 4.79 Å². The average Bonchev–Trinajstić information content (AvgIpc) is 2.36. The highest BCUT2D eigenvalue weighted by Crippen LogP contribution is 2.39. The molecule has 0 aromatic carbocycles. The maximum atomic E-state index is 12.1. The lowest BCUT2D eigenvalue weighted by Gasteiger charge is -2.46. The van der Waals surface area contributed by atoms with Crippen molar-refractivity contribution in [3.05, 3.63) is 0 Å². The van der Waals surface area contributed by atoms with Crippen molar-refractivity contribution in [1.29, 1.82) is 0 Å². The molecule has 0 aliphatic carbocycles. The largest absolute Gasteiger partial charge is 0.481 e. The van der Waals surface area contributed by atoms with Crippen molar-refractivity contribution < 1.29 is 24.2 Å². The third-order valence-electron chi connectivity index (χ3n) is 4.38. The van der Waals surface area contributed by atoms with Crippen LogP contribution in [0.2, 0.25) is 0 Å². The van der Waals surface area contributed by atoms with E-state index >= 15 is 0 Å². The Morgan fingerprint density at radius 2 is 1.95 bits per heavy atom. The number of likely N-dealkylation sites (tertiary alicyclic amines) is 1. The third-order valence-corrected chi connectivity index (χ3v) is 4.38. The maximum Gasteiger partial charge on any atom is 0.410 e. The van der Waals surface area contributed by atoms with Gasteiger partial charge in [-0.2, -0.15) is 0 Å². The first-order chi connectivity index (χ1) is 10.2. The van der Waals surface area contributed by atoms with Gasteiger partial charge in [0.1, 0.15) is 5.60 Å². The summed E-state index contributed by atoms with van der Waals surface area (Å²) in [5.41, 5.74) is -0.739. The van der Waals surface area contributed by atoms with E-state index in [1.165, 1.54) is 0 Å². The first-order valence-electron chi connectivity index (χ1n) is 8.03. The summed E-state index contributed by atoms with van der Waals surface area (Å²) < 4.78 is 11.4. The summed E-state index contributed by atoms with van der Waals surface area (Å²) in [5.74, 6) is -0.562. The van der Waals surface area contributed by atoms with E-state index in [4.69, 9.17) is 14.6 Å². The minimum absolute atomic E-state index is 0.180. The Bertz CT molecular complexity index is 421. The van der Waals surface area contributed by atoms with E-state index in [0.717, 1.165) is 25.7 Å².